The first kappa shape index (κ1) is 20.2. The average Bonchev–Trinajstić information content (AvgIpc) is 3.08. The van der Waals surface area contributed by atoms with E-state index in [0.29, 0.717) is 23.7 Å². The first-order valence-electron chi connectivity index (χ1n) is 9.98. The molecule has 5 heteroatoms. The Hall–Kier alpha value is -3.11. The minimum absolute atomic E-state index is 0.0289. The van der Waals surface area contributed by atoms with Gasteiger partial charge < -0.3 is 10.2 Å². The van der Waals surface area contributed by atoms with Gasteiger partial charge in [0.05, 0.1) is 12.5 Å². The molecule has 1 heterocycles. The average molecular weight is 419 g/mol. The monoisotopic (exact) mass is 418 g/mol. The molecule has 1 N–H and O–H groups in total. The van der Waals surface area contributed by atoms with Crippen LogP contribution in [0.2, 0.25) is 5.02 Å². The van der Waals surface area contributed by atoms with Gasteiger partial charge in [-0.05, 0) is 41.8 Å². The smallest absolute Gasteiger partial charge is 0.255 e. The highest BCUT2D eigenvalue weighted by atomic mass is 35.5. The topological polar surface area (TPSA) is 49.4 Å². The van der Waals surface area contributed by atoms with Gasteiger partial charge in [-0.1, -0.05) is 71.8 Å². The van der Waals surface area contributed by atoms with Gasteiger partial charge in [-0.25, -0.2) is 0 Å². The van der Waals surface area contributed by atoms with Crippen LogP contribution < -0.4 is 5.32 Å². The number of hydrogen-bond acceptors (Lipinski definition) is 2. The van der Waals surface area contributed by atoms with Crippen LogP contribution in [0.1, 0.15) is 45.1 Å². The van der Waals surface area contributed by atoms with Crippen molar-refractivity contribution in [1.29, 1.82) is 0 Å². The van der Waals surface area contributed by atoms with E-state index in [1.165, 1.54) is 0 Å². The molecule has 1 unspecified atom stereocenters. The van der Waals surface area contributed by atoms with Crippen LogP contribution in [0.15, 0.2) is 72.8 Å². The van der Waals surface area contributed by atoms with Crippen molar-refractivity contribution < 1.29 is 9.59 Å². The van der Waals surface area contributed by atoms with Crippen LogP contribution in [0, 0.1) is 6.92 Å². The van der Waals surface area contributed by atoms with Crippen molar-refractivity contribution in [2.45, 2.75) is 32.5 Å². The maximum absolute atomic E-state index is 13.1. The van der Waals surface area contributed by atoms with Crippen LogP contribution in [0.3, 0.4) is 0 Å². The molecule has 4 nitrogen and oxygen atoms in total. The molecule has 0 saturated heterocycles. The van der Waals surface area contributed by atoms with Crippen molar-refractivity contribution in [3.63, 3.8) is 0 Å². The lowest BCUT2D eigenvalue weighted by Crippen LogP contribution is -2.34. The van der Waals surface area contributed by atoms with E-state index in [1.54, 1.807) is 11.0 Å². The molecule has 4 rings (SSSR count). The molecular weight excluding hydrogens is 396 g/mol. The molecule has 0 bridgehead atoms. The van der Waals surface area contributed by atoms with Gasteiger partial charge >= 0.3 is 0 Å². The molecule has 1 atom stereocenters. The molecule has 0 aromatic heterocycles. The number of amides is 2. The number of nitrogens with one attached hydrogen (secondary N) is 1. The highest BCUT2D eigenvalue weighted by molar-refractivity contribution is 6.30. The van der Waals surface area contributed by atoms with Gasteiger partial charge in [-0.15, -0.1) is 0 Å². The van der Waals surface area contributed by atoms with Crippen LogP contribution >= 0.6 is 11.6 Å². The number of aryl methyl sites for hydroxylation is 1. The molecule has 30 heavy (non-hydrogen) atoms. The van der Waals surface area contributed by atoms with Gasteiger partial charge in [0.25, 0.3) is 5.91 Å². The van der Waals surface area contributed by atoms with Crippen LogP contribution in [-0.2, 0) is 17.9 Å². The zero-order chi connectivity index (χ0) is 21.1. The first-order chi connectivity index (χ1) is 14.5. The fourth-order valence-corrected chi connectivity index (χ4v) is 4.03. The molecule has 152 valence electrons. The van der Waals surface area contributed by atoms with Gasteiger partial charge in [0.2, 0.25) is 5.91 Å². The Bertz CT molecular complexity index is 1080. The molecule has 0 spiro atoms. The van der Waals surface area contributed by atoms with Crippen LogP contribution in [0.5, 0.6) is 0 Å². The number of benzene rings is 3. The number of fused-ring (bicyclic) bond motifs is 1. The summed E-state index contributed by atoms with van der Waals surface area (Å²) < 4.78 is 0. The zero-order valence-electron chi connectivity index (χ0n) is 16.8. The standard InChI is InChI=1S/C25H23ClN2O2/c1-17-9-11-19(12-10-17)23(28-16-20-6-2-3-8-22(20)25(28)30)14-24(29)27-15-18-5-4-7-21(26)13-18/h2-13,23H,14-16H2,1H3,(H,27,29). The summed E-state index contributed by atoms with van der Waals surface area (Å²) in [5.41, 5.74) is 4.75. The lowest BCUT2D eigenvalue weighted by molar-refractivity contribution is -0.122. The molecule has 0 radical (unpaired) electrons. The van der Waals surface area contributed by atoms with E-state index >= 15 is 0 Å². The Morgan fingerprint density at radius 1 is 1.07 bits per heavy atom. The third-order valence-electron chi connectivity index (χ3n) is 5.45. The largest absolute Gasteiger partial charge is 0.352 e. The predicted molar refractivity (Wildman–Crippen MR) is 118 cm³/mol. The maximum Gasteiger partial charge on any atom is 0.255 e. The van der Waals surface area contributed by atoms with E-state index in [2.05, 4.69) is 5.32 Å². The van der Waals surface area contributed by atoms with Crippen LogP contribution in [0.4, 0.5) is 0 Å². The van der Waals surface area contributed by atoms with Gasteiger partial charge in [-0.3, -0.25) is 9.59 Å². The van der Waals surface area contributed by atoms with Crippen molar-refractivity contribution in [1.82, 2.24) is 10.2 Å². The maximum atomic E-state index is 13.1. The number of carbonyl (C=O) groups is 2. The Morgan fingerprint density at radius 2 is 1.83 bits per heavy atom. The summed E-state index contributed by atoms with van der Waals surface area (Å²) >= 11 is 6.03. The Kier molecular flexibility index (Phi) is 5.86. The molecule has 1 aliphatic rings. The van der Waals surface area contributed by atoms with E-state index in [4.69, 9.17) is 11.6 Å². The second kappa shape index (κ2) is 8.72. The lowest BCUT2D eigenvalue weighted by Gasteiger charge is -2.28. The Labute approximate surface area is 181 Å². The third-order valence-corrected chi connectivity index (χ3v) is 5.68. The molecule has 1 aliphatic heterocycles. The summed E-state index contributed by atoms with van der Waals surface area (Å²) in [6, 6.07) is 22.8. The van der Waals surface area contributed by atoms with Gasteiger partial charge in [-0.2, -0.15) is 0 Å². The van der Waals surface area contributed by atoms with E-state index in [-0.39, 0.29) is 24.3 Å². The Morgan fingerprint density at radius 3 is 2.57 bits per heavy atom. The summed E-state index contributed by atoms with van der Waals surface area (Å²) in [4.78, 5) is 27.7. The molecule has 3 aromatic rings. The predicted octanol–water partition coefficient (Wildman–Crippen LogP) is 5.05. The summed E-state index contributed by atoms with van der Waals surface area (Å²) in [5, 5.41) is 3.60. The molecule has 0 fully saturated rings. The molecule has 2 amide bonds. The lowest BCUT2D eigenvalue weighted by atomic mass is 10.00. The van der Waals surface area contributed by atoms with Gasteiger partial charge in [0, 0.05) is 23.7 Å². The zero-order valence-corrected chi connectivity index (χ0v) is 17.5. The summed E-state index contributed by atoms with van der Waals surface area (Å²) in [6.45, 7) is 2.93. The van der Waals surface area contributed by atoms with Gasteiger partial charge in [0.15, 0.2) is 0 Å². The summed E-state index contributed by atoms with van der Waals surface area (Å²) in [7, 11) is 0. The Balaban J connectivity index is 1.53. The highest BCUT2D eigenvalue weighted by Gasteiger charge is 2.34. The summed E-state index contributed by atoms with van der Waals surface area (Å²) in [6.07, 6.45) is 0.198. The van der Waals surface area contributed by atoms with Crippen molar-refractivity contribution in [3.8, 4) is 0 Å². The molecule has 0 saturated carbocycles. The third kappa shape index (κ3) is 4.39. The second-order valence-electron chi connectivity index (χ2n) is 7.63. The van der Waals surface area contributed by atoms with E-state index in [1.807, 2.05) is 73.7 Å². The first-order valence-corrected chi connectivity index (χ1v) is 10.4. The van der Waals surface area contributed by atoms with Crippen molar-refractivity contribution in [3.05, 3.63) is 106 Å². The number of carbonyl (C=O) groups excluding carboxylic acids is 2. The number of rotatable bonds is 6. The van der Waals surface area contributed by atoms with E-state index in [9.17, 15) is 9.59 Å². The van der Waals surface area contributed by atoms with Gasteiger partial charge in [0.1, 0.15) is 0 Å². The molecule has 0 aliphatic carbocycles. The number of nitrogens with zero attached hydrogens (tertiary/aromatic N) is 1. The number of halogens is 1. The second-order valence-corrected chi connectivity index (χ2v) is 8.06. The summed E-state index contributed by atoms with van der Waals surface area (Å²) in [5.74, 6) is -0.136. The SMILES string of the molecule is Cc1ccc(C(CC(=O)NCc2cccc(Cl)c2)N2Cc3ccccc3C2=O)cc1. The molecule has 3 aromatic carbocycles. The number of hydrogen-bond donors (Lipinski definition) is 1. The fourth-order valence-electron chi connectivity index (χ4n) is 3.82. The van der Waals surface area contributed by atoms with E-state index < -0.39 is 0 Å². The van der Waals surface area contributed by atoms with Crippen molar-refractivity contribution in [2.24, 2.45) is 0 Å². The van der Waals surface area contributed by atoms with Crippen LogP contribution in [-0.4, -0.2) is 16.7 Å². The fraction of sp³-hybridized carbons (Fsp3) is 0.200. The van der Waals surface area contributed by atoms with Crippen LogP contribution in [0.25, 0.3) is 0 Å². The van der Waals surface area contributed by atoms with Crippen molar-refractivity contribution in [2.75, 3.05) is 0 Å². The molecular formula is C25H23ClN2O2. The minimum atomic E-state index is -0.329. The quantitative estimate of drug-likeness (QED) is 0.608. The highest BCUT2D eigenvalue weighted by Crippen LogP contribution is 2.33. The minimum Gasteiger partial charge on any atom is -0.352 e. The van der Waals surface area contributed by atoms with Crippen molar-refractivity contribution >= 4 is 23.4 Å². The van der Waals surface area contributed by atoms with E-state index in [0.717, 1.165) is 22.3 Å². The normalized spacial score (nSPS) is 13.8.